The molecule has 1 aromatic rings. The molecular formula is C15H25FN4. The number of hydrogen-bond donors (Lipinski definition) is 2. The van der Waals surface area contributed by atoms with Crippen LogP contribution in [0.1, 0.15) is 58.3 Å². The molecule has 1 aliphatic carbocycles. The SMILES string of the molecule is CCCNc1ncc(F)c(NC2CCCCCCC2)n1. The Balaban J connectivity index is 1.98. The lowest BCUT2D eigenvalue weighted by atomic mass is 9.97. The predicted octanol–water partition coefficient (Wildman–Crippen LogP) is 3.96. The predicted molar refractivity (Wildman–Crippen MR) is 80.5 cm³/mol. The lowest BCUT2D eigenvalue weighted by Gasteiger charge is -2.21. The maximum atomic E-state index is 13.8. The van der Waals surface area contributed by atoms with E-state index in [2.05, 4.69) is 27.5 Å². The molecule has 1 saturated carbocycles. The highest BCUT2D eigenvalue weighted by molar-refractivity contribution is 5.41. The first-order chi connectivity index (χ1) is 9.79. The lowest BCUT2D eigenvalue weighted by molar-refractivity contribution is 0.468. The summed E-state index contributed by atoms with van der Waals surface area (Å²) in [4.78, 5) is 8.22. The summed E-state index contributed by atoms with van der Waals surface area (Å²) < 4.78 is 13.8. The second kappa shape index (κ2) is 8.02. The number of anilines is 2. The van der Waals surface area contributed by atoms with Gasteiger partial charge in [0.05, 0.1) is 6.20 Å². The summed E-state index contributed by atoms with van der Waals surface area (Å²) in [5.74, 6) is 0.472. The van der Waals surface area contributed by atoms with Crippen molar-refractivity contribution >= 4 is 11.8 Å². The molecule has 112 valence electrons. The third-order valence-corrected chi connectivity index (χ3v) is 3.72. The number of nitrogens with one attached hydrogen (secondary N) is 2. The molecule has 0 radical (unpaired) electrons. The fourth-order valence-corrected chi connectivity index (χ4v) is 2.58. The number of halogens is 1. The van der Waals surface area contributed by atoms with E-state index in [4.69, 9.17) is 0 Å². The summed E-state index contributed by atoms with van der Waals surface area (Å²) in [5, 5.41) is 6.36. The second-order valence-electron chi connectivity index (χ2n) is 5.50. The van der Waals surface area contributed by atoms with Gasteiger partial charge in [-0.3, -0.25) is 0 Å². The molecule has 0 spiro atoms. The molecule has 0 aliphatic heterocycles. The molecule has 0 saturated heterocycles. The van der Waals surface area contributed by atoms with Gasteiger partial charge in [-0.25, -0.2) is 9.37 Å². The van der Waals surface area contributed by atoms with Crippen LogP contribution in [0.5, 0.6) is 0 Å². The molecule has 0 unspecified atom stereocenters. The molecule has 0 bridgehead atoms. The van der Waals surface area contributed by atoms with E-state index in [1.54, 1.807) is 0 Å². The topological polar surface area (TPSA) is 49.8 Å². The zero-order valence-electron chi connectivity index (χ0n) is 12.3. The van der Waals surface area contributed by atoms with Crippen molar-refractivity contribution in [2.24, 2.45) is 0 Å². The van der Waals surface area contributed by atoms with Crippen molar-refractivity contribution < 1.29 is 4.39 Å². The van der Waals surface area contributed by atoms with Crippen LogP contribution in [0.15, 0.2) is 6.20 Å². The van der Waals surface area contributed by atoms with E-state index in [0.717, 1.165) is 25.8 Å². The minimum absolute atomic E-state index is 0.332. The van der Waals surface area contributed by atoms with E-state index < -0.39 is 0 Å². The first kappa shape index (κ1) is 15.0. The average Bonchev–Trinajstić information content (AvgIpc) is 2.42. The van der Waals surface area contributed by atoms with Crippen LogP contribution in [0.25, 0.3) is 0 Å². The summed E-state index contributed by atoms with van der Waals surface area (Å²) in [6, 6.07) is 0.332. The Labute approximate surface area is 120 Å². The van der Waals surface area contributed by atoms with Gasteiger partial charge in [0.2, 0.25) is 5.95 Å². The van der Waals surface area contributed by atoms with E-state index in [1.807, 2.05) is 0 Å². The van der Waals surface area contributed by atoms with Crippen LogP contribution in [0.4, 0.5) is 16.2 Å². The van der Waals surface area contributed by atoms with E-state index in [-0.39, 0.29) is 5.82 Å². The van der Waals surface area contributed by atoms with E-state index in [1.165, 1.54) is 38.3 Å². The molecule has 1 aliphatic rings. The molecule has 2 N–H and O–H groups in total. The molecule has 1 aromatic heterocycles. The Bertz CT molecular complexity index is 403. The molecule has 2 rings (SSSR count). The van der Waals surface area contributed by atoms with Crippen molar-refractivity contribution in [2.45, 2.75) is 64.3 Å². The third kappa shape index (κ3) is 4.62. The van der Waals surface area contributed by atoms with E-state index >= 15 is 0 Å². The first-order valence-corrected chi connectivity index (χ1v) is 7.82. The number of hydrogen-bond acceptors (Lipinski definition) is 4. The Hall–Kier alpha value is -1.39. The van der Waals surface area contributed by atoms with Crippen molar-refractivity contribution in [3.05, 3.63) is 12.0 Å². The number of aromatic nitrogens is 2. The number of nitrogens with zero attached hydrogens (tertiary/aromatic N) is 2. The van der Waals surface area contributed by atoms with Gasteiger partial charge in [-0.2, -0.15) is 4.98 Å². The van der Waals surface area contributed by atoms with Gasteiger partial charge < -0.3 is 10.6 Å². The lowest BCUT2D eigenvalue weighted by Crippen LogP contribution is -2.22. The molecule has 0 amide bonds. The second-order valence-corrected chi connectivity index (χ2v) is 5.50. The van der Waals surface area contributed by atoms with Gasteiger partial charge in [0.1, 0.15) is 0 Å². The van der Waals surface area contributed by atoms with Crippen LogP contribution in [0, 0.1) is 5.82 Å². The molecular weight excluding hydrogens is 255 g/mol. The fraction of sp³-hybridized carbons (Fsp3) is 0.733. The molecule has 1 fully saturated rings. The van der Waals surface area contributed by atoms with Crippen molar-refractivity contribution in [3.8, 4) is 0 Å². The zero-order valence-corrected chi connectivity index (χ0v) is 12.3. The van der Waals surface area contributed by atoms with Gasteiger partial charge in [-0.1, -0.05) is 39.0 Å². The van der Waals surface area contributed by atoms with Crippen LogP contribution < -0.4 is 10.6 Å². The van der Waals surface area contributed by atoms with Crippen LogP contribution in [0.3, 0.4) is 0 Å². The maximum absolute atomic E-state index is 13.8. The van der Waals surface area contributed by atoms with Gasteiger partial charge in [-0.05, 0) is 19.3 Å². The Kier molecular flexibility index (Phi) is 6.02. The fourth-order valence-electron chi connectivity index (χ4n) is 2.58. The van der Waals surface area contributed by atoms with Crippen molar-refractivity contribution in [1.29, 1.82) is 0 Å². The van der Waals surface area contributed by atoms with E-state index in [9.17, 15) is 4.39 Å². The van der Waals surface area contributed by atoms with Crippen LogP contribution >= 0.6 is 0 Å². The quantitative estimate of drug-likeness (QED) is 0.857. The van der Waals surface area contributed by atoms with Gasteiger partial charge in [0.25, 0.3) is 0 Å². The molecule has 20 heavy (non-hydrogen) atoms. The number of rotatable bonds is 5. The van der Waals surface area contributed by atoms with Crippen LogP contribution in [0.2, 0.25) is 0 Å². The molecule has 5 heteroatoms. The van der Waals surface area contributed by atoms with E-state index in [0.29, 0.717) is 17.8 Å². The third-order valence-electron chi connectivity index (χ3n) is 3.72. The largest absolute Gasteiger partial charge is 0.365 e. The smallest absolute Gasteiger partial charge is 0.224 e. The monoisotopic (exact) mass is 280 g/mol. The summed E-state index contributed by atoms with van der Waals surface area (Å²) in [6.07, 6.45) is 10.8. The maximum Gasteiger partial charge on any atom is 0.224 e. The van der Waals surface area contributed by atoms with Gasteiger partial charge in [0.15, 0.2) is 11.6 Å². The summed E-state index contributed by atoms with van der Waals surface area (Å²) in [6.45, 7) is 2.87. The highest BCUT2D eigenvalue weighted by Crippen LogP contribution is 2.21. The highest BCUT2D eigenvalue weighted by atomic mass is 19.1. The Morgan fingerprint density at radius 1 is 1.20 bits per heavy atom. The van der Waals surface area contributed by atoms with Crippen molar-refractivity contribution in [3.63, 3.8) is 0 Å². The van der Waals surface area contributed by atoms with Gasteiger partial charge in [0, 0.05) is 12.6 Å². The molecule has 1 heterocycles. The minimum Gasteiger partial charge on any atom is -0.365 e. The molecule has 4 nitrogen and oxygen atoms in total. The minimum atomic E-state index is -0.367. The Morgan fingerprint density at radius 3 is 2.60 bits per heavy atom. The standard InChI is InChI=1S/C15H25FN4/c1-2-10-17-15-18-11-13(16)14(20-15)19-12-8-6-4-3-5-7-9-12/h11-12H,2-10H2,1H3,(H2,17,18,19,20). The summed E-state index contributed by atoms with van der Waals surface area (Å²) in [5.41, 5.74) is 0. The van der Waals surface area contributed by atoms with Crippen molar-refractivity contribution in [1.82, 2.24) is 9.97 Å². The molecule has 0 aromatic carbocycles. The highest BCUT2D eigenvalue weighted by Gasteiger charge is 2.14. The zero-order chi connectivity index (χ0) is 14.2. The molecule has 0 atom stereocenters. The van der Waals surface area contributed by atoms with Gasteiger partial charge >= 0.3 is 0 Å². The first-order valence-electron chi connectivity index (χ1n) is 7.82. The Morgan fingerprint density at radius 2 is 1.90 bits per heavy atom. The summed E-state index contributed by atoms with van der Waals surface area (Å²) >= 11 is 0. The van der Waals surface area contributed by atoms with Crippen molar-refractivity contribution in [2.75, 3.05) is 17.2 Å². The summed E-state index contributed by atoms with van der Waals surface area (Å²) in [7, 11) is 0. The van der Waals surface area contributed by atoms with Crippen LogP contribution in [-0.2, 0) is 0 Å². The van der Waals surface area contributed by atoms with Crippen LogP contribution in [-0.4, -0.2) is 22.6 Å². The normalized spacial score (nSPS) is 17.3. The average molecular weight is 280 g/mol. The van der Waals surface area contributed by atoms with Gasteiger partial charge in [-0.15, -0.1) is 0 Å².